The van der Waals surface area contributed by atoms with Crippen molar-refractivity contribution in [2.24, 2.45) is 0 Å². The molecule has 0 unspecified atom stereocenters. The van der Waals surface area contributed by atoms with Crippen molar-refractivity contribution in [3.8, 4) is 17.4 Å². The number of aromatic nitrogens is 5. The van der Waals surface area contributed by atoms with E-state index in [4.69, 9.17) is 22.1 Å². The summed E-state index contributed by atoms with van der Waals surface area (Å²) in [6.45, 7) is -3.08. The van der Waals surface area contributed by atoms with Gasteiger partial charge in [0.1, 0.15) is 18.1 Å². The SMILES string of the molecule is Nc1nc(OCc2cn(-c3ccc(Cl)c(OC(F)F)c3)nn2)ncc1F. The summed E-state index contributed by atoms with van der Waals surface area (Å²) in [6.07, 6.45) is 2.37. The Balaban J connectivity index is 1.72. The molecule has 0 saturated heterocycles. The van der Waals surface area contributed by atoms with Crippen LogP contribution in [0.15, 0.2) is 30.6 Å². The quantitative estimate of drug-likeness (QED) is 0.694. The van der Waals surface area contributed by atoms with Crippen LogP contribution in [-0.4, -0.2) is 31.6 Å². The van der Waals surface area contributed by atoms with Gasteiger partial charge in [0.2, 0.25) is 0 Å². The second kappa shape index (κ2) is 7.44. The van der Waals surface area contributed by atoms with Crippen LogP contribution in [0.25, 0.3) is 5.69 Å². The van der Waals surface area contributed by atoms with E-state index in [1.807, 2.05) is 0 Å². The van der Waals surface area contributed by atoms with Crippen LogP contribution in [0.5, 0.6) is 11.8 Å². The number of nitrogens with two attached hydrogens (primary N) is 1. The Morgan fingerprint density at radius 3 is 2.85 bits per heavy atom. The molecule has 0 saturated carbocycles. The molecule has 0 radical (unpaired) electrons. The van der Waals surface area contributed by atoms with Crippen LogP contribution < -0.4 is 15.2 Å². The summed E-state index contributed by atoms with van der Waals surface area (Å²) in [5, 5.41) is 7.75. The molecule has 0 aliphatic rings. The van der Waals surface area contributed by atoms with Crippen molar-refractivity contribution in [1.29, 1.82) is 0 Å². The summed E-state index contributed by atoms with van der Waals surface area (Å²) in [5.74, 6) is -1.29. The summed E-state index contributed by atoms with van der Waals surface area (Å²) in [7, 11) is 0. The third-order valence-corrected chi connectivity index (χ3v) is 3.35. The molecule has 8 nitrogen and oxygen atoms in total. The monoisotopic (exact) mass is 386 g/mol. The van der Waals surface area contributed by atoms with E-state index in [-0.39, 0.29) is 29.2 Å². The predicted octanol–water partition coefficient (Wildman–Crippen LogP) is 2.61. The van der Waals surface area contributed by atoms with E-state index in [0.717, 1.165) is 6.20 Å². The van der Waals surface area contributed by atoms with Crippen molar-refractivity contribution in [2.45, 2.75) is 13.2 Å². The van der Waals surface area contributed by atoms with E-state index in [9.17, 15) is 13.2 Å². The number of benzene rings is 1. The molecule has 0 spiro atoms. The van der Waals surface area contributed by atoms with E-state index in [1.165, 1.54) is 23.0 Å². The van der Waals surface area contributed by atoms with Gasteiger partial charge in [0, 0.05) is 6.07 Å². The molecular formula is C14H10ClF3N6O2. The maximum absolute atomic E-state index is 13.0. The fourth-order valence-corrected chi connectivity index (χ4v) is 2.05. The summed E-state index contributed by atoms with van der Waals surface area (Å²) in [4.78, 5) is 7.24. The molecule has 0 fully saturated rings. The highest BCUT2D eigenvalue weighted by atomic mass is 35.5. The van der Waals surface area contributed by atoms with Crippen LogP contribution in [0.1, 0.15) is 5.69 Å². The Bertz CT molecular complexity index is 923. The lowest BCUT2D eigenvalue weighted by Gasteiger charge is -2.08. The minimum atomic E-state index is -3.01. The summed E-state index contributed by atoms with van der Waals surface area (Å²) in [6, 6.07) is 4.10. The van der Waals surface area contributed by atoms with Crippen LogP contribution in [0.3, 0.4) is 0 Å². The number of alkyl halides is 2. The molecule has 12 heteroatoms. The van der Waals surface area contributed by atoms with Gasteiger partial charge in [-0.15, -0.1) is 5.10 Å². The number of hydrogen-bond donors (Lipinski definition) is 1. The second-order valence-corrected chi connectivity index (χ2v) is 5.23. The molecule has 0 aliphatic heterocycles. The zero-order valence-corrected chi connectivity index (χ0v) is 13.6. The average molecular weight is 387 g/mol. The van der Waals surface area contributed by atoms with Crippen molar-refractivity contribution in [3.05, 3.63) is 47.1 Å². The van der Waals surface area contributed by atoms with Gasteiger partial charge >= 0.3 is 12.6 Å². The standard InChI is InChI=1S/C14H10ClF3N6O2/c15-9-2-1-8(3-11(9)26-13(17)18)24-5-7(22-23-24)6-25-14-20-4-10(16)12(19)21-14/h1-5,13H,6H2,(H2,19,20,21). The number of ether oxygens (including phenoxy) is 2. The van der Waals surface area contributed by atoms with Gasteiger partial charge in [-0.25, -0.2) is 14.1 Å². The molecule has 3 rings (SSSR count). The van der Waals surface area contributed by atoms with Crippen molar-refractivity contribution in [2.75, 3.05) is 5.73 Å². The maximum atomic E-state index is 13.0. The number of nitrogen functional groups attached to an aromatic ring is 1. The molecular weight excluding hydrogens is 377 g/mol. The number of nitrogens with zero attached hydrogens (tertiary/aromatic N) is 5. The minimum Gasteiger partial charge on any atom is -0.457 e. The third-order valence-electron chi connectivity index (χ3n) is 3.03. The third kappa shape index (κ3) is 4.11. The van der Waals surface area contributed by atoms with Gasteiger partial charge in [0.05, 0.1) is 23.1 Å². The first kappa shape index (κ1) is 17.7. The van der Waals surface area contributed by atoms with Gasteiger partial charge in [0.25, 0.3) is 0 Å². The van der Waals surface area contributed by atoms with Gasteiger partial charge in [-0.2, -0.15) is 13.8 Å². The smallest absolute Gasteiger partial charge is 0.387 e. The highest BCUT2D eigenvalue weighted by Crippen LogP contribution is 2.28. The van der Waals surface area contributed by atoms with E-state index in [0.29, 0.717) is 11.4 Å². The molecule has 26 heavy (non-hydrogen) atoms. The summed E-state index contributed by atoms with van der Waals surface area (Å²) >= 11 is 5.80. The molecule has 0 bridgehead atoms. The Hall–Kier alpha value is -3.08. The number of hydrogen-bond acceptors (Lipinski definition) is 7. The maximum Gasteiger partial charge on any atom is 0.387 e. The summed E-state index contributed by atoms with van der Waals surface area (Å²) in [5.41, 5.74) is 6.09. The van der Waals surface area contributed by atoms with Crippen molar-refractivity contribution < 1.29 is 22.6 Å². The van der Waals surface area contributed by atoms with E-state index < -0.39 is 12.4 Å². The predicted molar refractivity (Wildman–Crippen MR) is 83.7 cm³/mol. The molecule has 0 amide bonds. The Kier molecular flexibility index (Phi) is 5.07. The molecule has 3 aromatic rings. The van der Waals surface area contributed by atoms with Crippen molar-refractivity contribution >= 4 is 17.4 Å². The fraction of sp³-hybridized carbons (Fsp3) is 0.143. The Labute approximate surface area is 149 Å². The number of rotatable bonds is 6. The normalized spacial score (nSPS) is 11.0. The van der Waals surface area contributed by atoms with Gasteiger partial charge in [-0.1, -0.05) is 16.8 Å². The number of halogens is 4. The average Bonchev–Trinajstić information content (AvgIpc) is 3.06. The summed E-state index contributed by atoms with van der Waals surface area (Å²) < 4.78 is 48.6. The first-order valence-corrected chi connectivity index (χ1v) is 7.37. The lowest BCUT2D eigenvalue weighted by molar-refractivity contribution is -0.0497. The van der Waals surface area contributed by atoms with E-state index in [2.05, 4.69) is 25.0 Å². The highest BCUT2D eigenvalue weighted by Gasteiger charge is 2.12. The van der Waals surface area contributed by atoms with E-state index in [1.54, 1.807) is 6.07 Å². The van der Waals surface area contributed by atoms with Crippen LogP contribution in [0, 0.1) is 5.82 Å². The Morgan fingerprint density at radius 2 is 2.12 bits per heavy atom. The molecule has 136 valence electrons. The zero-order chi connectivity index (χ0) is 18.7. The first-order valence-electron chi connectivity index (χ1n) is 6.99. The number of anilines is 1. The molecule has 0 atom stereocenters. The van der Waals surface area contributed by atoms with Crippen LogP contribution >= 0.6 is 11.6 Å². The minimum absolute atomic E-state index is 0.0313. The highest BCUT2D eigenvalue weighted by molar-refractivity contribution is 6.32. The molecule has 1 aromatic carbocycles. The van der Waals surface area contributed by atoms with Gasteiger partial charge in [0.15, 0.2) is 11.6 Å². The fourth-order valence-electron chi connectivity index (χ4n) is 1.88. The molecule has 2 N–H and O–H groups in total. The van der Waals surface area contributed by atoms with Gasteiger partial charge < -0.3 is 15.2 Å². The van der Waals surface area contributed by atoms with Gasteiger partial charge in [-0.05, 0) is 12.1 Å². The lowest BCUT2D eigenvalue weighted by atomic mass is 10.3. The lowest BCUT2D eigenvalue weighted by Crippen LogP contribution is -2.04. The van der Waals surface area contributed by atoms with Crippen molar-refractivity contribution in [3.63, 3.8) is 0 Å². The molecule has 2 heterocycles. The zero-order valence-electron chi connectivity index (χ0n) is 12.8. The van der Waals surface area contributed by atoms with Crippen LogP contribution in [0.4, 0.5) is 19.0 Å². The van der Waals surface area contributed by atoms with E-state index >= 15 is 0 Å². The van der Waals surface area contributed by atoms with Gasteiger partial charge in [-0.3, -0.25) is 0 Å². The second-order valence-electron chi connectivity index (χ2n) is 4.82. The van der Waals surface area contributed by atoms with Crippen LogP contribution in [0.2, 0.25) is 5.02 Å². The van der Waals surface area contributed by atoms with Crippen LogP contribution in [-0.2, 0) is 6.61 Å². The molecule has 0 aliphatic carbocycles. The topological polar surface area (TPSA) is 101 Å². The van der Waals surface area contributed by atoms with Crippen molar-refractivity contribution in [1.82, 2.24) is 25.0 Å². The largest absolute Gasteiger partial charge is 0.457 e. The molecule has 2 aromatic heterocycles. The Morgan fingerprint density at radius 1 is 1.31 bits per heavy atom. The first-order chi connectivity index (χ1) is 12.4.